The van der Waals surface area contributed by atoms with E-state index in [4.69, 9.17) is 33.3 Å². The molecule has 2 rings (SSSR count). The fourth-order valence-corrected chi connectivity index (χ4v) is 4.27. The summed E-state index contributed by atoms with van der Waals surface area (Å²) in [7, 11) is 0.421. The van der Waals surface area contributed by atoms with Crippen molar-refractivity contribution in [3.63, 3.8) is 0 Å². The van der Waals surface area contributed by atoms with Crippen molar-refractivity contribution in [3.05, 3.63) is 52.5 Å². The molecule has 0 fully saturated rings. The van der Waals surface area contributed by atoms with E-state index in [9.17, 15) is 13.2 Å². The summed E-state index contributed by atoms with van der Waals surface area (Å²) in [4.78, 5) is 12.4. The van der Waals surface area contributed by atoms with E-state index in [1.807, 2.05) is 0 Å². The van der Waals surface area contributed by atoms with Gasteiger partial charge in [-0.1, -0.05) is 17.7 Å². The van der Waals surface area contributed by atoms with Crippen molar-refractivity contribution in [2.24, 2.45) is 0 Å². The Morgan fingerprint density at radius 2 is 1.74 bits per heavy atom. The fraction of sp³-hybridized carbons (Fsp3) is 0.263. The summed E-state index contributed by atoms with van der Waals surface area (Å²) in [5.41, 5.74) is 0.998. The van der Waals surface area contributed by atoms with Crippen LogP contribution in [0.4, 0.5) is 0 Å². The van der Waals surface area contributed by atoms with Crippen molar-refractivity contribution in [1.29, 1.82) is 0 Å². The molecule has 0 atom stereocenters. The van der Waals surface area contributed by atoms with E-state index in [0.29, 0.717) is 28.3 Å². The molecule has 0 aliphatic heterocycles. The zero-order valence-electron chi connectivity index (χ0n) is 16.6. The number of hydrogen-bond donors (Lipinski definition) is 3. The van der Waals surface area contributed by atoms with Crippen LogP contribution in [0.2, 0.25) is 5.02 Å². The first-order chi connectivity index (χ1) is 14.2. The molecule has 0 unspecified atom stereocenters. The number of methoxy groups -OCH3 is 2. The number of nitrogens with one attached hydrogen (secondary N) is 3. The van der Waals surface area contributed by atoms with Crippen LogP contribution in [0.3, 0.4) is 0 Å². The Balaban J connectivity index is 0.00000480. The summed E-state index contributed by atoms with van der Waals surface area (Å²) < 4.78 is 37.8. The van der Waals surface area contributed by atoms with E-state index in [0.717, 1.165) is 0 Å². The van der Waals surface area contributed by atoms with E-state index in [-0.39, 0.29) is 57.8 Å². The molecule has 0 bridgehead atoms. The molecular formula is C19H23ClN3NaO5S2. The van der Waals surface area contributed by atoms with Crippen molar-refractivity contribution in [1.82, 2.24) is 15.4 Å². The average molecular weight is 496 g/mol. The molecule has 12 heteroatoms. The number of thiocarbonyl (C=S) groups is 1. The molecule has 0 heterocycles. The Morgan fingerprint density at radius 3 is 2.35 bits per heavy atom. The third kappa shape index (κ3) is 7.51. The number of rotatable bonds is 8. The van der Waals surface area contributed by atoms with Crippen LogP contribution in [-0.2, 0) is 16.4 Å². The predicted molar refractivity (Wildman–Crippen MR) is 126 cm³/mol. The number of carbonyl (C=O) groups excluding carboxylic acids is 1. The van der Waals surface area contributed by atoms with Crippen LogP contribution in [0, 0.1) is 0 Å². The van der Waals surface area contributed by atoms with Crippen LogP contribution < -0.4 is 24.8 Å². The number of halogens is 1. The minimum absolute atomic E-state index is 0. The van der Waals surface area contributed by atoms with E-state index in [1.54, 1.807) is 24.3 Å². The maximum atomic E-state index is 12.6. The molecule has 1 amide bonds. The molecule has 0 aliphatic rings. The number of ether oxygens (including phenoxy) is 2. The summed E-state index contributed by atoms with van der Waals surface area (Å²) >= 11 is 10.8. The quantitative estimate of drug-likeness (QED) is 0.376. The first-order valence-corrected chi connectivity index (χ1v) is 11.0. The molecule has 2 aromatic carbocycles. The Morgan fingerprint density at radius 1 is 1.10 bits per heavy atom. The molecule has 2 aromatic rings. The second-order valence-corrected chi connectivity index (χ2v) is 8.52. The molecule has 0 aromatic heterocycles. The van der Waals surface area contributed by atoms with Gasteiger partial charge in [-0.25, -0.2) is 8.42 Å². The molecule has 0 aliphatic carbocycles. The first kappa shape index (κ1) is 27.5. The Labute approximate surface area is 214 Å². The fourth-order valence-electron chi connectivity index (χ4n) is 2.59. The third-order valence-corrected chi connectivity index (χ3v) is 6.12. The molecule has 0 spiro atoms. The van der Waals surface area contributed by atoms with Crippen molar-refractivity contribution in [2.45, 2.75) is 11.3 Å². The molecule has 164 valence electrons. The number of amides is 1. The summed E-state index contributed by atoms with van der Waals surface area (Å²) in [5, 5.41) is 5.70. The van der Waals surface area contributed by atoms with Crippen molar-refractivity contribution in [2.75, 3.05) is 27.8 Å². The van der Waals surface area contributed by atoms with Gasteiger partial charge in [-0.2, -0.15) is 0 Å². The van der Waals surface area contributed by atoms with E-state index >= 15 is 0 Å². The van der Waals surface area contributed by atoms with E-state index < -0.39 is 10.0 Å². The minimum atomic E-state index is -3.93. The van der Waals surface area contributed by atoms with Gasteiger partial charge in [-0.15, -0.1) is 0 Å². The second-order valence-electron chi connectivity index (χ2n) is 6.02. The summed E-state index contributed by atoms with van der Waals surface area (Å²) in [6, 6.07) is 9.51. The number of hydrogen-bond acceptors (Lipinski definition) is 6. The van der Waals surface area contributed by atoms with Crippen molar-refractivity contribution >= 4 is 74.4 Å². The predicted octanol–water partition coefficient (Wildman–Crippen LogP) is 1.46. The summed E-state index contributed by atoms with van der Waals surface area (Å²) in [6.45, 7) is 0.267. The number of sulfonamides is 1. The topological polar surface area (TPSA) is 106 Å². The molecular weight excluding hydrogens is 473 g/mol. The molecule has 8 nitrogen and oxygen atoms in total. The monoisotopic (exact) mass is 495 g/mol. The Hall–Kier alpha value is -1.56. The molecule has 0 radical (unpaired) electrons. The van der Waals surface area contributed by atoms with Crippen molar-refractivity contribution < 1.29 is 22.7 Å². The van der Waals surface area contributed by atoms with Gasteiger partial charge in [-0.3, -0.25) is 9.52 Å². The van der Waals surface area contributed by atoms with Crippen LogP contribution in [0.5, 0.6) is 11.5 Å². The van der Waals surface area contributed by atoms with Crippen LogP contribution in [0.15, 0.2) is 41.3 Å². The molecule has 0 saturated heterocycles. The van der Waals surface area contributed by atoms with Gasteiger partial charge in [0.2, 0.25) is 0 Å². The van der Waals surface area contributed by atoms with E-state index in [1.165, 1.54) is 33.4 Å². The standard InChI is InChI=1S/C19H22ClN3O5S2.Na.H/c1-21-19(29)23-30(25,26)17-10-12(4-6-16(17)28-3)8-9-22-18(24)14-11-13(20)5-7-15(14)27-2;;/h4-7,10-11H,8-9H2,1-3H3,(H,22,24)(H2,21,23,29);;. The van der Waals surface area contributed by atoms with Crippen LogP contribution in [0.25, 0.3) is 0 Å². The van der Waals surface area contributed by atoms with Gasteiger partial charge in [0.15, 0.2) is 5.11 Å². The van der Waals surface area contributed by atoms with E-state index in [2.05, 4.69) is 15.4 Å². The van der Waals surface area contributed by atoms with Gasteiger partial charge in [0, 0.05) is 18.6 Å². The van der Waals surface area contributed by atoms with Gasteiger partial charge >= 0.3 is 29.6 Å². The first-order valence-electron chi connectivity index (χ1n) is 8.75. The second kappa shape index (κ2) is 12.5. The molecule has 3 N–H and O–H groups in total. The van der Waals surface area contributed by atoms with Crippen LogP contribution >= 0.6 is 23.8 Å². The van der Waals surface area contributed by atoms with Gasteiger partial charge in [-0.05, 0) is 54.5 Å². The number of carbonyl (C=O) groups is 1. The SMILES string of the molecule is CNC(=S)NS(=O)(=O)c1cc(CCNC(=O)c2cc(Cl)ccc2OC)ccc1OC.[NaH]. The van der Waals surface area contributed by atoms with Crippen molar-refractivity contribution in [3.8, 4) is 11.5 Å². The Bertz CT molecular complexity index is 1050. The maximum absolute atomic E-state index is 12.6. The van der Waals surface area contributed by atoms with Gasteiger partial charge in [0.25, 0.3) is 15.9 Å². The zero-order chi connectivity index (χ0) is 22.3. The van der Waals surface area contributed by atoms with Gasteiger partial charge in [0.05, 0.1) is 19.8 Å². The van der Waals surface area contributed by atoms with Gasteiger partial charge < -0.3 is 20.1 Å². The third-order valence-electron chi connectivity index (χ3n) is 4.08. The summed E-state index contributed by atoms with van der Waals surface area (Å²) in [6.07, 6.45) is 0.387. The van der Waals surface area contributed by atoms with Crippen LogP contribution in [0.1, 0.15) is 15.9 Å². The number of benzene rings is 2. The molecule has 31 heavy (non-hydrogen) atoms. The zero-order valence-corrected chi connectivity index (χ0v) is 19.0. The van der Waals surface area contributed by atoms with Gasteiger partial charge in [0.1, 0.15) is 16.4 Å². The normalized spacial score (nSPS) is 10.5. The van der Waals surface area contributed by atoms with Crippen LogP contribution in [-0.4, -0.2) is 76.8 Å². The summed E-state index contributed by atoms with van der Waals surface area (Å²) in [5.74, 6) is 0.232. The molecule has 0 saturated carbocycles. The average Bonchev–Trinajstić information content (AvgIpc) is 2.73. The Kier molecular flexibility index (Phi) is 11.1.